The number of ketones is 1. The number of anilines is 1. The first-order chi connectivity index (χ1) is 13.4. The molecule has 1 aromatic heterocycles. The van der Waals surface area contributed by atoms with Crippen LogP contribution in [0.15, 0.2) is 28.8 Å². The van der Waals surface area contributed by atoms with Gasteiger partial charge in [0.15, 0.2) is 29.7 Å². The molecule has 0 radical (unpaired) electrons. The molecule has 0 aliphatic carbocycles. The number of thioether (sulfide) groups is 1. The Kier molecular flexibility index (Phi) is 6.19. The molecule has 1 aromatic carbocycles. The summed E-state index contributed by atoms with van der Waals surface area (Å²) in [4.78, 5) is 36.0. The maximum absolute atomic E-state index is 12.1. The van der Waals surface area contributed by atoms with Gasteiger partial charge in [0.25, 0.3) is 0 Å². The van der Waals surface area contributed by atoms with E-state index in [0.717, 1.165) is 11.8 Å². The van der Waals surface area contributed by atoms with Gasteiger partial charge in [-0.1, -0.05) is 5.16 Å². The topological polar surface area (TPSA) is 117 Å². The molecule has 1 aliphatic heterocycles. The molecule has 28 heavy (non-hydrogen) atoms. The predicted molar refractivity (Wildman–Crippen MR) is 99.6 cm³/mol. The third-order valence-electron chi connectivity index (χ3n) is 3.76. The van der Waals surface area contributed by atoms with E-state index in [-0.39, 0.29) is 24.2 Å². The molecule has 0 saturated carbocycles. The highest BCUT2D eigenvalue weighted by atomic mass is 32.2. The van der Waals surface area contributed by atoms with Crippen molar-refractivity contribution in [3.63, 3.8) is 0 Å². The maximum Gasteiger partial charge on any atom is 0.316 e. The van der Waals surface area contributed by atoms with Gasteiger partial charge in [-0.05, 0) is 32.0 Å². The van der Waals surface area contributed by atoms with Crippen LogP contribution in [0.3, 0.4) is 0 Å². The van der Waals surface area contributed by atoms with Crippen LogP contribution in [0.4, 0.5) is 5.82 Å². The Labute approximate surface area is 164 Å². The fourth-order valence-electron chi connectivity index (χ4n) is 2.26. The fourth-order valence-corrected chi connectivity index (χ4v) is 2.94. The third-order valence-corrected chi connectivity index (χ3v) is 4.87. The number of amides is 1. The number of nitrogens with one attached hydrogen (secondary N) is 1. The van der Waals surface area contributed by atoms with Gasteiger partial charge in [-0.25, -0.2) is 0 Å². The van der Waals surface area contributed by atoms with Crippen LogP contribution in [-0.4, -0.2) is 47.2 Å². The number of aromatic nitrogens is 1. The van der Waals surface area contributed by atoms with Crippen molar-refractivity contribution < 1.29 is 33.1 Å². The monoisotopic (exact) mass is 406 g/mol. The number of carbonyl (C=O) groups is 3. The van der Waals surface area contributed by atoms with Gasteiger partial charge in [0.2, 0.25) is 12.7 Å². The molecule has 2 aromatic rings. The number of fused-ring (bicyclic) bond motifs is 1. The molecule has 3 rings (SSSR count). The summed E-state index contributed by atoms with van der Waals surface area (Å²) in [6.45, 7) is 3.08. The first kappa shape index (κ1) is 19.7. The minimum Gasteiger partial charge on any atom is -0.457 e. The van der Waals surface area contributed by atoms with Gasteiger partial charge in [0.1, 0.15) is 5.76 Å². The van der Waals surface area contributed by atoms with Gasteiger partial charge in [-0.3, -0.25) is 14.4 Å². The quantitative estimate of drug-likeness (QED) is 0.520. The molecule has 1 N–H and O–H groups in total. The first-order valence-corrected chi connectivity index (χ1v) is 9.41. The minimum atomic E-state index is -0.587. The standard InChI is InChI=1S/C18H18N2O7S/c1-10-5-16(20-27-10)19-18(23)11(2)28-8-17(22)24-7-13(21)12-3-4-14-15(6-12)26-9-25-14/h3-6,11H,7-9H2,1-2H3,(H,19,20,23)/t11-/m1/s1. The average Bonchev–Trinajstić information content (AvgIpc) is 3.31. The molecule has 10 heteroatoms. The van der Waals surface area contributed by atoms with E-state index < -0.39 is 17.8 Å². The third kappa shape index (κ3) is 5.03. The number of rotatable bonds is 8. The molecule has 0 bridgehead atoms. The van der Waals surface area contributed by atoms with Gasteiger partial charge >= 0.3 is 5.97 Å². The van der Waals surface area contributed by atoms with E-state index in [2.05, 4.69) is 10.5 Å². The normalized spacial score (nSPS) is 13.1. The van der Waals surface area contributed by atoms with Crippen molar-refractivity contribution in [2.75, 3.05) is 24.5 Å². The lowest BCUT2D eigenvalue weighted by Crippen LogP contribution is -2.24. The molecule has 0 spiro atoms. The zero-order valence-electron chi connectivity index (χ0n) is 15.2. The lowest BCUT2D eigenvalue weighted by atomic mass is 10.1. The van der Waals surface area contributed by atoms with Crippen molar-refractivity contribution in [1.82, 2.24) is 5.16 Å². The average molecular weight is 406 g/mol. The smallest absolute Gasteiger partial charge is 0.316 e. The van der Waals surface area contributed by atoms with Crippen LogP contribution in [0.2, 0.25) is 0 Å². The van der Waals surface area contributed by atoms with E-state index in [4.69, 9.17) is 18.7 Å². The van der Waals surface area contributed by atoms with Crippen molar-refractivity contribution in [3.8, 4) is 11.5 Å². The molecule has 0 unspecified atom stereocenters. The Morgan fingerprint density at radius 1 is 1.25 bits per heavy atom. The van der Waals surface area contributed by atoms with Crippen molar-refractivity contribution in [3.05, 3.63) is 35.6 Å². The molecule has 1 amide bonds. The lowest BCUT2D eigenvalue weighted by Gasteiger charge is -2.10. The zero-order chi connectivity index (χ0) is 20.1. The van der Waals surface area contributed by atoms with Crippen LogP contribution in [-0.2, 0) is 14.3 Å². The minimum absolute atomic E-state index is 0.0686. The Morgan fingerprint density at radius 2 is 2.04 bits per heavy atom. The second-order valence-electron chi connectivity index (χ2n) is 5.92. The van der Waals surface area contributed by atoms with E-state index in [9.17, 15) is 14.4 Å². The molecule has 1 aliphatic rings. The number of benzene rings is 1. The van der Waals surface area contributed by atoms with Gasteiger partial charge in [0, 0.05) is 11.6 Å². The molecular weight excluding hydrogens is 388 g/mol. The van der Waals surface area contributed by atoms with E-state index in [1.165, 1.54) is 0 Å². The number of hydrogen-bond acceptors (Lipinski definition) is 9. The van der Waals surface area contributed by atoms with Crippen LogP contribution in [0, 0.1) is 6.92 Å². The summed E-state index contributed by atoms with van der Waals surface area (Å²) in [6, 6.07) is 6.34. The molecule has 9 nitrogen and oxygen atoms in total. The maximum atomic E-state index is 12.1. The van der Waals surface area contributed by atoms with E-state index in [0.29, 0.717) is 28.6 Å². The van der Waals surface area contributed by atoms with Gasteiger partial charge in [-0.15, -0.1) is 11.8 Å². The fraction of sp³-hybridized carbons (Fsp3) is 0.333. The molecular formula is C18H18N2O7S. The Hall–Kier alpha value is -3.01. The number of esters is 1. The van der Waals surface area contributed by atoms with Gasteiger partial charge in [0.05, 0.1) is 11.0 Å². The second-order valence-corrected chi connectivity index (χ2v) is 7.25. The van der Waals surface area contributed by atoms with Crippen molar-refractivity contribution in [2.45, 2.75) is 19.1 Å². The summed E-state index contributed by atoms with van der Waals surface area (Å²) in [5.41, 5.74) is 0.361. The number of ether oxygens (including phenoxy) is 3. The van der Waals surface area contributed by atoms with Crippen molar-refractivity contribution >= 4 is 35.2 Å². The van der Waals surface area contributed by atoms with Gasteiger partial charge in [-0.2, -0.15) is 0 Å². The van der Waals surface area contributed by atoms with Crippen LogP contribution in [0.25, 0.3) is 0 Å². The van der Waals surface area contributed by atoms with E-state index in [1.54, 1.807) is 38.1 Å². The number of aryl methyl sites for hydroxylation is 1. The Morgan fingerprint density at radius 3 is 2.79 bits per heavy atom. The Balaban J connectivity index is 1.40. The predicted octanol–water partition coefficient (Wildman–Crippen LogP) is 2.20. The number of Topliss-reactive ketones (excluding diaryl/α,β-unsaturated/α-hetero) is 1. The first-order valence-electron chi connectivity index (χ1n) is 8.36. The number of carbonyl (C=O) groups excluding carboxylic acids is 3. The molecule has 0 saturated heterocycles. The highest BCUT2D eigenvalue weighted by Gasteiger charge is 2.19. The summed E-state index contributed by atoms with van der Waals surface area (Å²) in [7, 11) is 0. The number of hydrogen-bond donors (Lipinski definition) is 1. The molecule has 148 valence electrons. The molecule has 1 atom stereocenters. The molecule has 2 heterocycles. The van der Waals surface area contributed by atoms with Crippen molar-refractivity contribution in [1.29, 1.82) is 0 Å². The van der Waals surface area contributed by atoms with E-state index in [1.807, 2.05) is 0 Å². The highest BCUT2D eigenvalue weighted by Crippen LogP contribution is 2.32. The lowest BCUT2D eigenvalue weighted by molar-refractivity contribution is -0.139. The second kappa shape index (κ2) is 8.79. The summed E-state index contributed by atoms with van der Waals surface area (Å²) < 4.78 is 20.2. The zero-order valence-corrected chi connectivity index (χ0v) is 16.0. The van der Waals surface area contributed by atoms with Crippen LogP contribution in [0.5, 0.6) is 11.5 Å². The SMILES string of the molecule is Cc1cc(NC(=O)[C@@H](C)SCC(=O)OCC(=O)c2ccc3c(c2)OCO3)no1. The number of nitrogens with zero attached hydrogens (tertiary/aromatic N) is 1. The summed E-state index contributed by atoms with van der Waals surface area (Å²) >= 11 is 1.09. The Bertz CT molecular complexity index is 896. The van der Waals surface area contributed by atoms with Crippen molar-refractivity contribution in [2.24, 2.45) is 0 Å². The largest absolute Gasteiger partial charge is 0.457 e. The highest BCUT2D eigenvalue weighted by molar-refractivity contribution is 8.01. The summed E-state index contributed by atoms with van der Waals surface area (Å²) in [5, 5.41) is 5.74. The van der Waals surface area contributed by atoms with Gasteiger partial charge < -0.3 is 24.1 Å². The van der Waals surface area contributed by atoms with E-state index >= 15 is 0 Å². The van der Waals surface area contributed by atoms with Crippen LogP contribution in [0.1, 0.15) is 23.0 Å². The van der Waals surface area contributed by atoms with Crippen LogP contribution >= 0.6 is 11.8 Å². The summed E-state index contributed by atoms with van der Waals surface area (Å²) in [6.07, 6.45) is 0. The molecule has 0 fully saturated rings. The van der Waals surface area contributed by atoms with Crippen LogP contribution < -0.4 is 14.8 Å². The summed E-state index contributed by atoms with van der Waals surface area (Å²) in [5.74, 6) is 0.606.